The van der Waals surface area contributed by atoms with Crippen molar-refractivity contribution in [3.63, 3.8) is 0 Å². The number of anilines is 2. The number of fused-ring (bicyclic) bond motifs is 1. The molecule has 0 aromatic carbocycles. The summed E-state index contributed by atoms with van der Waals surface area (Å²) in [4.78, 5) is 12.0. The van der Waals surface area contributed by atoms with Crippen LogP contribution < -0.4 is 16.0 Å². The number of rotatable bonds is 4. The highest BCUT2D eigenvalue weighted by Gasteiger charge is 2.30. The van der Waals surface area contributed by atoms with Crippen LogP contribution in [0.15, 0.2) is 28.5 Å². The maximum Gasteiger partial charge on any atom is 0.204 e. The molecule has 3 aromatic rings. The quantitative estimate of drug-likeness (QED) is 0.667. The lowest BCUT2D eigenvalue weighted by Gasteiger charge is -2.39. The van der Waals surface area contributed by atoms with Gasteiger partial charge in [0.1, 0.15) is 17.2 Å². The molecular formula is C18H23ClN8S. The van der Waals surface area contributed by atoms with Gasteiger partial charge in [0.05, 0.1) is 10.7 Å². The number of piperidine rings is 1. The Hall–Kier alpha value is -2.10. The molecule has 0 radical (unpaired) electrons. The first-order chi connectivity index (χ1) is 13.4. The highest BCUT2D eigenvalue weighted by molar-refractivity contribution is 7.99. The number of nitrogen functional groups attached to an aromatic ring is 1. The van der Waals surface area contributed by atoms with Gasteiger partial charge in [-0.25, -0.2) is 9.97 Å². The lowest BCUT2D eigenvalue weighted by Crippen LogP contribution is -2.50. The molecule has 1 saturated heterocycles. The van der Waals surface area contributed by atoms with Crippen molar-refractivity contribution in [3.8, 4) is 0 Å². The van der Waals surface area contributed by atoms with Crippen LogP contribution >= 0.6 is 23.4 Å². The minimum atomic E-state index is 0.170. The smallest absolute Gasteiger partial charge is 0.204 e. The number of nitrogens with two attached hydrogens (primary N) is 1. The van der Waals surface area contributed by atoms with Crippen LogP contribution in [0.4, 0.5) is 11.6 Å². The van der Waals surface area contributed by atoms with Crippen molar-refractivity contribution in [2.45, 2.75) is 42.1 Å². The van der Waals surface area contributed by atoms with Gasteiger partial charge < -0.3 is 16.0 Å². The normalized spacial score (nSPS) is 16.6. The predicted molar refractivity (Wildman–Crippen MR) is 112 cm³/mol. The number of hydrogen-bond donors (Lipinski definition) is 2. The molecule has 1 aliphatic rings. The van der Waals surface area contributed by atoms with Gasteiger partial charge in [-0.2, -0.15) is 0 Å². The van der Waals surface area contributed by atoms with Crippen molar-refractivity contribution in [1.29, 1.82) is 0 Å². The van der Waals surface area contributed by atoms with Crippen molar-refractivity contribution in [3.05, 3.63) is 29.3 Å². The summed E-state index contributed by atoms with van der Waals surface area (Å²) < 4.78 is 1.97. The van der Waals surface area contributed by atoms with Gasteiger partial charge in [0, 0.05) is 29.7 Å². The summed E-state index contributed by atoms with van der Waals surface area (Å²) in [6.45, 7) is 6.10. The first-order valence-corrected chi connectivity index (χ1v) is 10.3. The van der Waals surface area contributed by atoms with Crippen molar-refractivity contribution in [1.82, 2.24) is 29.9 Å². The molecule has 3 N–H and O–H groups in total. The van der Waals surface area contributed by atoms with E-state index in [1.165, 1.54) is 11.8 Å². The zero-order valence-electron chi connectivity index (χ0n) is 16.1. The molecule has 28 heavy (non-hydrogen) atoms. The monoisotopic (exact) mass is 418 g/mol. The number of halogens is 1. The molecule has 0 atom stereocenters. The summed E-state index contributed by atoms with van der Waals surface area (Å²) in [7, 11) is 2.03. The van der Waals surface area contributed by atoms with Gasteiger partial charge >= 0.3 is 0 Å². The fraction of sp³-hybridized carbons (Fsp3) is 0.444. The zero-order chi connectivity index (χ0) is 19.9. The minimum Gasteiger partial charge on any atom is -0.382 e. The topological polar surface area (TPSA) is 97.3 Å². The summed E-state index contributed by atoms with van der Waals surface area (Å²) >= 11 is 7.82. The van der Waals surface area contributed by atoms with E-state index in [9.17, 15) is 0 Å². The fourth-order valence-electron chi connectivity index (χ4n) is 3.39. The lowest BCUT2D eigenvalue weighted by atomic mass is 9.90. The highest BCUT2D eigenvalue weighted by atomic mass is 35.5. The summed E-state index contributed by atoms with van der Waals surface area (Å²) in [5.74, 6) is 1.19. The van der Waals surface area contributed by atoms with Crippen LogP contribution in [0, 0.1) is 6.92 Å². The van der Waals surface area contributed by atoms with E-state index < -0.39 is 0 Å². The standard InChI is InChI=1S/C18H23ClN8S/c1-11-17(28-12-4-7-22-14(20)13(12)19)27-10-23-25-16(27)15(24-11)26-8-5-18(2,21-3)6-9-26/h4,7,10,21H,5-6,8-9H2,1-3H3,(H2,20,22). The molecule has 10 heteroatoms. The second-order valence-corrected chi connectivity index (χ2v) is 8.67. The Morgan fingerprint density at radius 3 is 2.79 bits per heavy atom. The van der Waals surface area contributed by atoms with Gasteiger partial charge in [-0.3, -0.25) is 4.40 Å². The van der Waals surface area contributed by atoms with Crippen LogP contribution in [0.3, 0.4) is 0 Å². The average Bonchev–Trinajstić information content (AvgIpc) is 3.17. The third-order valence-corrected chi connectivity index (χ3v) is 7.16. The maximum absolute atomic E-state index is 6.33. The van der Waals surface area contributed by atoms with E-state index in [4.69, 9.17) is 22.3 Å². The van der Waals surface area contributed by atoms with E-state index in [1.807, 2.05) is 24.4 Å². The number of aromatic nitrogens is 5. The van der Waals surface area contributed by atoms with Gasteiger partial charge in [0.2, 0.25) is 5.65 Å². The molecule has 3 aromatic heterocycles. The Labute approximate surface area is 172 Å². The van der Waals surface area contributed by atoms with Gasteiger partial charge in [-0.05, 0) is 39.8 Å². The van der Waals surface area contributed by atoms with E-state index in [0.29, 0.717) is 10.8 Å². The molecule has 0 spiro atoms. The van der Waals surface area contributed by atoms with E-state index in [1.54, 1.807) is 12.5 Å². The van der Waals surface area contributed by atoms with Crippen LogP contribution in [0.25, 0.3) is 5.65 Å². The molecule has 0 saturated carbocycles. The molecule has 8 nitrogen and oxygen atoms in total. The molecule has 0 unspecified atom stereocenters. The number of nitrogens with zero attached hydrogens (tertiary/aromatic N) is 6. The zero-order valence-corrected chi connectivity index (χ0v) is 17.7. The van der Waals surface area contributed by atoms with Crippen LogP contribution in [-0.2, 0) is 0 Å². The second kappa shape index (κ2) is 7.38. The van der Waals surface area contributed by atoms with Gasteiger partial charge in [-0.1, -0.05) is 23.4 Å². The summed E-state index contributed by atoms with van der Waals surface area (Å²) in [5.41, 5.74) is 7.65. The Bertz CT molecular complexity index is 1010. The molecule has 0 amide bonds. The van der Waals surface area contributed by atoms with E-state index in [0.717, 1.165) is 53.0 Å². The largest absolute Gasteiger partial charge is 0.382 e. The number of aryl methyl sites for hydroxylation is 1. The molecule has 1 aliphatic heterocycles. The molecule has 148 valence electrons. The third kappa shape index (κ3) is 3.38. The first-order valence-electron chi connectivity index (χ1n) is 9.14. The molecule has 4 heterocycles. The molecule has 0 bridgehead atoms. The Kier molecular flexibility index (Phi) is 5.07. The fourth-order valence-corrected chi connectivity index (χ4v) is 4.57. The summed E-state index contributed by atoms with van der Waals surface area (Å²) in [5, 5.41) is 13.3. The van der Waals surface area contributed by atoms with Crippen molar-refractivity contribution < 1.29 is 0 Å². The first kappa shape index (κ1) is 19.2. The molecule has 1 fully saturated rings. The summed E-state index contributed by atoms with van der Waals surface area (Å²) in [6.07, 6.45) is 5.46. The Morgan fingerprint density at radius 2 is 2.07 bits per heavy atom. The Morgan fingerprint density at radius 1 is 1.32 bits per heavy atom. The van der Waals surface area contributed by atoms with E-state index >= 15 is 0 Å². The van der Waals surface area contributed by atoms with Crippen molar-refractivity contribution in [2.24, 2.45) is 0 Å². The van der Waals surface area contributed by atoms with Crippen LogP contribution in [-0.4, -0.2) is 50.2 Å². The third-order valence-electron chi connectivity index (χ3n) is 5.41. The molecule has 0 aliphatic carbocycles. The van der Waals surface area contributed by atoms with Crippen LogP contribution in [0.2, 0.25) is 5.02 Å². The molecule has 4 rings (SSSR count). The van der Waals surface area contributed by atoms with Crippen molar-refractivity contribution >= 4 is 40.6 Å². The van der Waals surface area contributed by atoms with Gasteiger partial charge in [-0.15, -0.1) is 10.2 Å². The number of hydrogen-bond acceptors (Lipinski definition) is 8. The predicted octanol–water partition coefficient (Wildman–Crippen LogP) is 2.79. The maximum atomic E-state index is 6.33. The minimum absolute atomic E-state index is 0.170. The highest BCUT2D eigenvalue weighted by Crippen LogP contribution is 2.38. The SMILES string of the molecule is CNC1(C)CCN(c2nc(C)c(Sc3ccnc(N)c3Cl)n3cnnc23)CC1. The van der Waals surface area contributed by atoms with E-state index in [2.05, 4.69) is 32.3 Å². The lowest BCUT2D eigenvalue weighted by molar-refractivity contribution is 0.304. The number of nitrogens with one attached hydrogen (secondary N) is 1. The Balaban J connectivity index is 1.70. The van der Waals surface area contributed by atoms with E-state index in [-0.39, 0.29) is 5.54 Å². The van der Waals surface area contributed by atoms with Crippen LogP contribution in [0.1, 0.15) is 25.5 Å². The van der Waals surface area contributed by atoms with Crippen LogP contribution in [0.5, 0.6) is 0 Å². The second-order valence-electron chi connectivity index (χ2n) is 7.26. The molecular weight excluding hydrogens is 396 g/mol. The van der Waals surface area contributed by atoms with Crippen molar-refractivity contribution in [2.75, 3.05) is 30.8 Å². The number of pyridine rings is 1. The van der Waals surface area contributed by atoms with Gasteiger partial charge in [0.15, 0.2) is 5.82 Å². The van der Waals surface area contributed by atoms with Gasteiger partial charge in [0.25, 0.3) is 0 Å². The summed E-state index contributed by atoms with van der Waals surface area (Å²) in [6, 6.07) is 1.84. The average molecular weight is 419 g/mol.